The summed E-state index contributed by atoms with van der Waals surface area (Å²) in [4.78, 5) is 4.52. The van der Waals surface area contributed by atoms with Gasteiger partial charge < -0.3 is 10.2 Å². The smallest absolute Gasteiger partial charge is 0.232 e. The quantitative estimate of drug-likeness (QED) is 0.541. The lowest BCUT2D eigenvalue weighted by atomic mass is 9.96. The number of hydrogen-bond acceptors (Lipinski definition) is 5. The number of rotatable bonds is 6. The molecule has 0 unspecified atom stereocenters. The fourth-order valence-corrected chi connectivity index (χ4v) is 4.63. The SMILES string of the molecule is c1cc(-c2cnc3ccc(OC4CCCCC4)nn23)ccc1NNC1CCCCC1. The first-order chi connectivity index (χ1) is 14.8. The Labute approximate surface area is 178 Å². The van der Waals surface area contributed by atoms with E-state index in [1.165, 1.54) is 51.4 Å². The fourth-order valence-electron chi connectivity index (χ4n) is 4.63. The molecule has 0 spiro atoms. The first-order valence-electron chi connectivity index (χ1n) is 11.5. The maximum Gasteiger partial charge on any atom is 0.232 e. The highest BCUT2D eigenvalue weighted by Gasteiger charge is 2.17. The molecule has 2 aliphatic rings. The van der Waals surface area contributed by atoms with E-state index in [1.807, 2.05) is 22.8 Å². The van der Waals surface area contributed by atoms with Crippen LogP contribution in [0.15, 0.2) is 42.6 Å². The van der Waals surface area contributed by atoms with Crippen molar-refractivity contribution in [3.05, 3.63) is 42.6 Å². The predicted molar refractivity (Wildman–Crippen MR) is 120 cm³/mol. The van der Waals surface area contributed by atoms with Gasteiger partial charge in [-0.25, -0.2) is 14.9 Å². The zero-order valence-electron chi connectivity index (χ0n) is 17.5. The zero-order valence-corrected chi connectivity index (χ0v) is 17.5. The summed E-state index contributed by atoms with van der Waals surface area (Å²) in [5, 5.41) is 4.73. The van der Waals surface area contributed by atoms with Crippen molar-refractivity contribution in [3.8, 4) is 17.1 Å². The number of ether oxygens (including phenoxy) is 1. The molecule has 3 aromatic rings. The summed E-state index contributed by atoms with van der Waals surface area (Å²) < 4.78 is 8.04. The van der Waals surface area contributed by atoms with E-state index in [1.54, 1.807) is 0 Å². The van der Waals surface area contributed by atoms with E-state index < -0.39 is 0 Å². The fraction of sp³-hybridized carbons (Fsp3) is 0.500. The molecule has 2 heterocycles. The molecular weight excluding hydrogens is 374 g/mol. The predicted octanol–water partition coefficient (Wildman–Crippen LogP) is 5.36. The number of nitrogens with one attached hydrogen (secondary N) is 2. The Kier molecular flexibility index (Phi) is 5.84. The third kappa shape index (κ3) is 4.43. The molecule has 2 saturated carbocycles. The van der Waals surface area contributed by atoms with Gasteiger partial charge in [0.25, 0.3) is 0 Å². The zero-order chi connectivity index (χ0) is 20.2. The summed E-state index contributed by atoms with van der Waals surface area (Å²) in [5.74, 6) is 0.684. The lowest BCUT2D eigenvalue weighted by molar-refractivity contribution is 0.147. The summed E-state index contributed by atoms with van der Waals surface area (Å²) >= 11 is 0. The Hall–Kier alpha value is -2.60. The number of nitrogens with zero attached hydrogens (tertiary/aromatic N) is 3. The van der Waals surface area contributed by atoms with Gasteiger partial charge in [-0.2, -0.15) is 0 Å². The van der Waals surface area contributed by atoms with Gasteiger partial charge in [-0.05, 0) is 56.7 Å². The molecule has 30 heavy (non-hydrogen) atoms. The van der Waals surface area contributed by atoms with Crippen LogP contribution in [0.4, 0.5) is 5.69 Å². The third-order valence-electron chi connectivity index (χ3n) is 6.38. The molecule has 0 bridgehead atoms. The Bertz CT molecular complexity index is 955. The van der Waals surface area contributed by atoms with Crippen LogP contribution in [0.3, 0.4) is 0 Å². The van der Waals surface area contributed by atoms with Gasteiger partial charge in [0.15, 0.2) is 5.65 Å². The molecule has 6 heteroatoms. The maximum absolute atomic E-state index is 6.15. The lowest BCUT2D eigenvalue weighted by Crippen LogP contribution is -2.35. The number of benzene rings is 1. The molecule has 2 fully saturated rings. The van der Waals surface area contributed by atoms with Crippen LogP contribution >= 0.6 is 0 Å². The van der Waals surface area contributed by atoms with Gasteiger partial charge in [0.1, 0.15) is 6.10 Å². The Balaban J connectivity index is 1.29. The standard InChI is InChI=1S/C24H31N5O/c1-3-7-19(8-4-1)26-27-20-13-11-18(12-14-20)22-17-25-23-15-16-24(28-29(22)23)30-21-9-5-2-6-10-21/h11-17,19,21,26-27H,1-10H2. The summed E-state index contributed by atoms with van der Waals surface area (Å²) in [5.41, 5.74) is 10.8. The molecule has 0 amide bonds. The minimum atomic E-state index is 0.290. The van der Waals surface area contributed by atoms with Crippen molar-refractivity contribution >= 4 is 11.3 Å². The number of hydrazine groups is 1. The van der Waals surface area contributed by atoms with E-state index in [4.69, 9.17) is 9.84 Å². The second-order valence-corrected chi connectivity index (χ2v) is 8.64. The van der Waals surface area contributed by atoms with Crippen LogP contribution in [-0.2, 0) is 0 Å². The molecule has 0 saturated heterocycles. The van der Waals surface area contributed by atoms with Gasteiger partial charge in [0, 0.05) is 23.4 Å². The molecule has 0 radical (unpaired) electrons. The number of aromatic nitrogens is 3. The van der Waals surface area contributed by atoms with Crippen LogP contribution in [0.2, 0.25) is 0 Å². The lowest BCUT2D eigenvalue weighted by Gasteiger charge is -2.23. The van der Waals surface area contributed by atoms with Crippen LogP contribution in [0.25, 0.3) is 16.9 Å². The molecular formula is C24H31N5O. The van der Waals surface area contributed by atoms with E-state index >= 15 is 0 Å². The molecule has 158 valence electrons. The highest BCUT2D eigenvalue weighted by atomic mass is 16.5. The second kappa shape index (κ2) is 9.04. The highest BCUT2D eigenvalue weighted by molar-refractivity contribution is 5.65. The summed E-state index contributed by atoms with van der Waals surface area (Å²) in [6.07, 6.45) is 14.8. The number of fused-ring (bicyclic) bond motifs is 1. The molecule has 0 atom stereocenters. The van der Waals surface area contributed by atoms with Crippen molar-refractivity contribution in [2.45, 2.75) is 76.4 Å². The Morgan fingerprint density at radius 3 is 2.33 bits per heavy atom. The Morgan fingerprint density at radius 2 is 1.57 bits per heavy atom. The van der Waals surface area contributed by atoms with Gasteiger partial charge in [-0.3, -0.25) is 0 Å². The van der Waals surface area contributed by atoms with Crippen LogP contribution < -0.4 is 15.6 Å². The number of anilines is 1. The Morgan fingerprint density at radius 1 is 0.833 bits per heavy atom. The number of imidazole rings is 1. The molecule has 1 aromatic carbocycles. The van der Waals surface area contributed by atoms with Crippen molar-refractivity contribution in [2.24, 2.45) is 0 Å². The highest BCUT2D eigenvalue weighted by Crippen LogP contribution is 2.25. The van der Waals surface area contributed by atoms with E-state index in [0.717, 1.165) is 35.4 Å². The first kappa shape index (κ1) is 19.4. The van der Waals surface area contributed by atoms with Crippen molar-refractivity contribution in [1.82, 2.24) is 20.0 Å². The van der Waals surface area contributed by atoms with Crippen LogP contribution in [0, 0.1) is 0 Å². The van der Waals surface area contributed by atoms with Gasteiger partial charge in [-0.15, -0.1) is 5.10 Å². The molecule has 6 nitrogen and oxygen atoms in total. The maximum atomic E-state index is 6.15. The van der Waals surface area contributed by atoms with Crippen molar-refractivity contribution in [3.63, 3.8) is 0 Å². The van der Waals surface area contributed by atoms with Crippen molar-refractivity contribution < 1.29 is 4.74 Å². The van der Waals surface area contributed by atoms with E-state index in [-0.39, 0.29) is 6.10 Å². The summed E-state index contributed by atoms with van der Waals surface area (Å²) in [6.45, 7) is 0. The molecule has 2 aromatic heterocycles. The van der Waals surface area contributed by atoms with E-state index in [9.17, 15) is 0 Å². The van der Waals surface area contributed by atoms with E-state index in [2.05, 4.69) is 40.1 Å². The molecule has 2 aliphatic carbocycles. The van der Waals surface area contributed by atoms with Crippen LogP contribution in [-0.4, -0.2) is 26.7 Å². The van der Waals surface area contributed by atoms with Gasteiger partial charge in [-0.1, -0.05) is 37.8 Å². The number of hydrogen-bond donors (Lipinski definition) is 2. The molecule has 5 rings (SSSR count). The molecule has 2 N–H and O–H groups in total. The second-order valence-electron chi connectivity index (χ2n) is 8.64. The van der Waals surface area contributed by atoms with E-state index in [0.29, 0.717) is 11.9 Å². The monoisotopic (exact) mass is 405 g/mol. The van der Waals surface area contributed by atoms with Crippen molar-refractivity contribution in [1.29, 1.82) is 0 Å². The summed E-state index contributed by atoms with van der Waals surface area (Å²) in [6, 6.07) is 12.9. The van der Waals surface area contributed by atoms with Crippen LogP contribution in [0.5, 0.6) is 5.88 Å². The van der Waals surface area contributed by atoms with Gasteiger partial charge >= 0.3 is 0 Å². The van der Waals surface area contributed by atoms with Gasteiger partial charge in [0.2, 0.25) is 5.88 Å². The normalized spacial score (nSPS) is 18.5. The summed E-state index contributed by atoms with van der Waals surface area (Å²) in [7, 11) is 0. The topological polar surface area (TPSA) is 63.5 Å². The average molecular weight is 406 g/mol. The third-order valence-corrected chi connectivity index (χ3v) is 6.38. The van der Waals surface area contributed by atoms with Crippen molar-refractivity contribution in [2.75, 3.05) is 5.43 Å². The average Bonchev–Trinajstić information content (AvgIpc) is 3.23. The minimum Gasteiger partial charge on any atom is -0.473 e. The minimum absolute atomic E-state index is 0.290. The van der Waals surface area contributed by atoms with Gasteiger partial charge in [0.05, 0.1) is 11.9 Å². The molecule has 0 aliphatic heterocycles. The largest absolute Gasteiger partial charge is 0.473 e. The van der Waals surface area contributed by atoms with Crippen LogP contribution in [0.1, 0.15) is 64.2 Å². The first-order valence-corrected chi connectivity index (χ1v) is 11.5.